The van der Waals surface area contributed by atoms with Crippen LogP contribution in [0.2, 0.25) is 0 Å². The first-order valence-corrected chi connectivity index (χ1v) is 11.8. The maximum Gasteiger partial charge on any atom is 0.246 e. The first-order chi connectivity index (χ1) is 15.6. The molecule has 6 rings (SSSR count). The zero-order valence-corrected chi connectivity index (χ0v) is 18.3. The van der Waals surface area contributed by atoms with Crippen molar-refractivity contribution in [1.82, 2.24) is 10.2 Å². The maximum atomic E-state index is 14.6. The Morgan fingerprint density at radius 1 is 1.16 bits per heavy atom. The highest BCUT2D eigenvalue weighted by molar-refractivity contribution is 5.80. The molecule has 0 radical (unpaired) electrons. The zero-order chi connectivity index (χ0) is 22.1. The molecule has 5 aliphatic rings. The molecule has 1 aliphatic carbocycles. The van der Waals surface area contributed by atoms with E-state index in [4.69, 9.17) is 14.2 Å². The molecule has 2 saturated heterocycles. The maximum absolute atomic E-state index is 14.6. The smallest absolute Gasteiger partial charge is 0.246 e. The van der Waals surface area contributed by atoms with E-state index in [0.717, 1.165) is 44.1 Å². The van der Waals surface area contributed by atoms with E-state index in [9.17, 15) is 14.0 Å². The molecule has 4 heterocycles. The lowest BCUT2D eigenvalue weighted by Gasteiger charge is -2.51. The summed E-state index contributed by atoms with van der Waals surface area (Å²) in [5.74, 6) is -0.0974. The van der Waals surface area contributed by atoms with Crippen LogP contribution in [0.4, 0.5) is 4.39 Å². The number of ether oxygens (including phenoxy) is 3. The van der Waals surface area contributed by atoms with Crippen molar-refractivity contribution in [2.45, 2.75) is 68.5 Å². The summed E-state index contributed by atoms with van der Waals surface area (Å²) in [4.78, 5) is 27.2. The van der Waals surface area contributed by atoms with Crippen molar-refractivity contribution < 1.29 is 28.2 Å². The van der Waals surface area contributed by atoms with Crippen LogP contribution in [-0.2, 0) is 19.1 Å². The predicted molar refractivity (Wildman–Crippen MR) is 114 cm³/mol. The van der Waals surface area contributed by atoms with Gasteiger partial charge in [0.1, 0.15) is 6.61 Å². The van der Waals surface area contributed by atoms with Crippen LogP contribution >= 0.6 is 0 Å². The Morgan fingerprint density at radius 2 is 2.00 bits per heavy atom. The lowest BCUT2D eigenvalue weighted by Crippen LogP contribution is -2.72. The molecule has 0 unspecified atom stereocenters. The summed E-state index contributed by atoms with van der Waals surface area (Å²) in [7, 11) is 0. The molecule has 32 heavy (non-hydrogen) atoms. The lowest BCUT2D eigenvalue weighted by atomic mass is 9.80. The van der Waals surface area contributed by atoms with Crippen molar-refractivity contribution >= 4 is 11.8 Å². The van der Waals surface area contributed by atoms with Crippen LogP contribution in [0.5, 0.6) is 5.75 Å². The molecule has 2 atom stereocenters. The van der Waals surface area contributed by atoms with Gasteiger partial charge >= 0.3 is 0 Å². The van der Waals surface area contributed by atoms with Gasteiger partial charge in [0.2, 0.25) is 11.8 Å². The van der Waals surface area contributed by atoms with Crippen LogP contribution in [0.15, 0.2) is 18.2 Å². The Hall–Kier alpha value is -2.19. The van der Waals surface area contributed by atoms with Gasteiger partial charge in [-0.05, 0) is 50.5 Å². The molecule has 7 nitrogen and oxygen atoms in total. The van der Waals surface area contributed by atoms with Crippen molar-refractivity contribution in [3.63, 3.8) is 0 Å². The number of benzene rings is 1. The Bertz CT molecular complexity index is 868. The van der Waals surface area contributed by atoms with Gasteiger partial charge in [0.15, 0.2) is 11.6 Å². The van der Waals surface area contributed by atoms with Crippen LogP contribution < -0.4 is 10.1 Å². The third-order valence-corrected chi connectivity index (χ3v) is 7.50. The Balaban J connectivity index is 1.43. The van der Waals surface area contributed by atoms with Gasteiger partial charge in [-0.15, -0.1) is 0 Å². The number of rotatable bonds is 0. The van der Waals surface area contributed by atoms with Crippen LogP contribution in [0, 0.1) is 5.82 Å². The highest BCUT2D eigenvalue weighted by Crippen LogP contribution is 2.40. The van der Waals surface area contributed by atoms with E-state index in [1.54, 1.807) is 6.07 Å². The minimum atomic E-state index is -0.628. The molecule has 1 N–H and O–H groups in total. The van der Waals surface area contributed by atoms with E-state index in [-0.39, 0.29) is 61.1 Å². The summed E-state index contributed by atoms with van der Waals surface area (Å²) >= 11 is 0. The largest absolute Gasteiger partial charge is 0.490 e. The van der Waals surface area contributed by atoms with Crippen LogP contribution in [0.25, 0.3) is 0 Å². The van der Waals surface area contributed by atoms with Crippen molar-refractivity contribution in [2.75, 3.05) is 33.0 Å². The molecule has 1 spiro atoms. The highest BCUT2D eigenvalue weighted by Gasteiger charge is 2.49. The molecule has 4 aliphatic heterocycles. The quantitative estimate of drug-likeness (QED) is 0.663. The summed E-state index contributed by atoms with van der Waals surface area (Å²) in [6, 6.07) is 4.79. The standard InChI is InChI=1S/C24H31FN2O5/c25-19-4-1-3-18-16-5-7-17(8-6-16)32-13-20-24(15-30-14-21(28)26-24)10-2-11-27(20)22(29)9-12-31-23(18)19/h1,3-4,16-17,20H,2,5-15H2,(H,26,28)/t16?,17?,20-,24+/m1/s1. The number of hydrogen-bond donors (Lipinski definition) is 1. The number of amides is 2. The second-order valence-electron chi connectivity index (χ2n) is 9.47. The summed E-state index contributed by atoms with van der Waals surface area (Å²) < 4.78 is 32.4. The highest BCUT2D eigenvalue weighted by atomic mass is 19.1. The summed E-state index contributed by atoms with van der Waals surface area (Å²) in [6.07, 6.45) is 5.31. The second kappa shape index (κ2) is 8.98. The number of carbonyl (C=O) groups excluding carboxylic acids is 2. The van der Waals surface area contributed by atoms with Gasteiger partial charge in [-0.1, -0.05) is 12.1 Å². The van der Waals surface area contributed by atoms with E-state index in [0.29, 0.717) is 19.8 Å². The summed E-state index contributed by atoms with van der Waals surface area (Å²) in [5.41, 5.74) is 0.265. The molecule has 3 fully saturated rings. The molecule has 1 aromatic rings. The fourth-order valence-corrected chi connectivity index (χ4v) is 5.87. The number of halogens is 1. The average molecular weight is 447 g/mol. The number of piperidine rings is 1. The van der Waals surface area contributed by atoms with E-state index < -0.39 is 5.54 Å². The fourth-order valence-electron chi connectivity index (χ4n) is 5.87. The van der Waals surface area contributed by atoms with Crippen LogP contribution in [0.3, 0.4) is 0 Å². The van der Waals surface area contributed by atoms with Gasteiger partial charge in [0.05, 0.1) is 43.9 Å². The molecule has 0 aromatic heterocycles. The third-order valence-electron chi connectivity index (χ3n) is 7.50. The molecule has 1 aromatic carbocycles. The number of nitrogens with zero attached hydrogens (tertiary/aromatic N) is 1. The summed E-state index contributed by atoms with van der Waals surface area (Å²) in [6.45, 7) is 1.51. The minimum Gasteiger partial charge on any atom is -0.490 e. The molecule has 1 saturated carbocycles. The predicted octanol–water partition coefficient (Wildman–Crippen LogP) is 2.53. The summed E-state index contributed by atoms with van der Waals surface area (Å²) in [5, 5.41) is 3.13. The van der Waals surface area contributed by atoms with Gasteiger partial charge in [-0.2, -0.15) is 0 Å². The Kier molecular flexibility index (Phi) is 6.07. The van der Waals surface area contributed by atoms with Crippen molar-refractivity contribution in [1.29, 1.82) is 0 Å². The second-order valence-corrected chi connectivity index (χ2v) is 9.47. The number of hydrogen-bond acceptors (Lipinski definition) is 5. The van der Waals surface area contributed by atoms with Crippen molar-refractivity contribution in [3.05, 3.63) is 29.6 Å². The SMILES string of the molecule is O=C1COC[C@]2(CCCN3C(=O)CCOc4c(F)cccc4C4CCC(CC4)OC[C@@H]32)N1. The van der Waals surface area contributed by atoms with E-state index in [1.165, 1.54) is 6.07 Å². The number of para-hydroxylation sites is 1. The van der Waals surface area contributed by atoms with Gasteiger partial charge < -0.3 is 24.4 Å². The Labute approximate surface area is 187 Å². The zero-order valence-electron chi connectivity index (χ0n) is 18.3. The molecular formula is C24H31FN2O5. The normalized spacial score (nSPS) is 33.7. The van der Waals surface area contributed by atoms with E-state index >= 15 is 0 Å². The lowest BCUT2D eigenvalue weighted by molar-refractivity contribution is -0.155. The molecule has 8 heteroatoms. The first kappa shape index (κ1) is 21.6. The van der Waals surface area contributed by atoms with E-state index in [2.05, 4.69) is 5.32 Å². The number of nitrogens with one attached hydrogen (secondary N) is 1. The molecule has 174 valence electrons. The van der Waals surface area contributed by atoms with Crippen molar-refractivity contribution in [2.24, 2.45) is 0 Å². The van der Waals surface area contributed by atoms with Gasteiger partial charge in [0.25, 0.3) is 0 Å². The minimum absolute atomic E-state index is 0.0477. The Morgan fingerprint density at radius 3 is 2.81 bits per heavy atom. The first-order valence-electron chi connectivity index (χ1n) is 11.8. The average Bonchev–Trinajstić information content (AvgIpc) is 2.79. The van der Waals surface area contributed by atoms with Crippen molar-refractivity contribution in [3.8, 4) is 5.75 Å². The van der Waals surface area contributed by atoms with Gasteiger partial charge in [-0.3, -0.25) is 9.59 Å². The van der Waals surface area contributed by atoms with Crippen LogP contribution in [0.1, 0.15) is 56.4 Å². The fraction of sp³-hybridized carbons (Fsp3) is 0.667. The number of carbonyl (C=O) groups is 2. The molecular weight excluding hydrogens is 415 g/mol. The third kappa shape index (κ3) is 4.10. The van der Waals surface area contributed by atoms with E-state index in [1.807, 2.05) is 11.0 Å². The molecule has 2 bridgehead atoms. The van der Waals surface area contributed by atoms with Gasteiger partial charge in [-0.25, -0.2) is 4.39 Å². The van der Waals surface area contributed by atoms with Crippen LogP contribution in [-0.4, -0.2) is 67.4 Å². The monoisotopic (exact) mass is 446 g/mol. The number of morpholine rings is 1. The topological polar surface area (TPSA) is 77.1 Å². The number of fused-ring (bicyclic) bond motifs is 6. The van der Waals surface area contributed by atoms with Gasteiger partial charge in [0, 0.05) is 12.1 Å². The molecule has 2 amide bonds.